The van der Waals surface area contributed by atoms with Gasteiger partial charge in [0.2, 0.25) is 0 Å². The van der Waals surface area contributed by atoms with Gasteiger partial charge >= 0.3 is 6.16 Å². The lowest BCUT2D eigenvalue weighted by molar-refractivity contribution is -0.148. The van der Waals surface area contributed by atoms with Crippen LogP contribution in [0.2, 0.25) is 0 Å². The first kappa shape index (κ1) is 34.2. The van der Waals surface area contributed by atoms with E-state index in [1.54, 1.807) is 12.1 Å². The third kappa shape index (κ3) is 18.5. The molecular formula is C32H56O6. The van der Waals surface area contributed by atoms with Crippen molar-refractivity contribution in [2.75, 3.05) is 13.2 Å². The minimum Gasteiger partial charge on any atom is -0.504 e. The van der Waals surface area contributed by atoms with Gasteiger partial charge in [0.15, 0.2) is 17.8 Å². The number of benzene rings is 1. The van der Waals surface area contributed by atoms with Crippen molar-refractivity contribution in [1.82, 2.24) is 0 Å². The van der Waals surface area contributed by atoms with E-state index < -0.39 is 6.16 Å². The number of phenols is 1. The van der Waals surface area contributed by atoms with Crippen molar-refractivity contribution in [2.45, 2.75) is 149 Å². The van der Waals surface area contributed by atoms with E-state index in [9.17, 15) is 9.90 Å². The molecule has 0 heterocycles. The van der Waals surface area contributed by atoms with Gasteiger partial charge in [0.05, 0.1) is 0 Å². The molecule has 0 aliphatic rings. The first-order valence-corrected chi connectivity index (χ1v) is 15.5. The molecule has 0 radical (unpaired) electrons. The van der Waals surface area contributed by atoms with Crippen LogP contribution in [0.4, 0.5) is 4.79 Å². The summed E-state index contributed by atoms with van der Waals surface area (Å²) in [6.07, 6.45) is 22.1. The molecule has 1 aromatic rings. The zero-order valence-electron chi connectivity index (χ0n) is 24.4. The molecule has 0 fully saturated rings. The number of carboxylic acid groups (broad SMARTS) is 1. The van der Waals surface area contributed by atoms with Gasteiger partial charge in [0.25, 0.3) is 0 Å². The van der Waals surface area contributed by atoms with Crippen LogP contribution in [0, 0.1) is 0 Å². The molecular weight excluding hydrogens is 480 g/mol. The molecule has 2 N–H and O–H groups in total. The smallest absolute Gasteiger partial charge is 0.504 e. The number of hydrogen-bond acceptors (Lipinski definition) is 5. The van der Waals surface area contributed by atoms with E-state index in [0.717, 1.165) is 45.3 Å². The third-order valence-corrected chi connectivity index (χ3v) is 7.02. The van der Waals surface area contributed by atoms with Crippen molar-refractivity contribution in [3.8, 4) is 11.5 Å². The molecule has 0 atom stereocenters. The Morgan fingerprint density at radius 2 is 1.21 bits per heavy atom. The number of ether oxygens (including phenoxy) is 3. The molecule has 0 aliphatic heterocycles. The van der Waals surface area contributed by atoms with Crippen molar-refractivity contribution in [1.29, 1.82) is 0 Å². The molecule has 6 heteroatoms. The van der Waals surface area contributed by atoms with E-state index in [1.165, 1.54) is 96.0 Å². The lowest BCUT2D eigenvalue weighted by atomic mass is 10.1. The molecule has 6 nitrogen and oxygen atoms in total. The minimum atomic E-state index is -1.43. The van der Waals surface area contributed by atoms with E-state index in [2.05, 4.69) is 18.6 Å². The van der Waals surface area contributed by atoms with Gasteiger partial charge < -0.3 is 24.4 Å². The number of aromatic hydroxyl groups is 1. The maximum Gasteiger partial charge on any atom is 0.511 e. The number of unbranched alkanes of at least 4 members (excludes halogenated alkanes) is 15. The van der Waals surface area contributed by atoms with Gasteiger partial charge in [-0.2, -0.15) is 0 Å². The van der Waals surface area contributed by atoms with Gasteiger partial charge in [0, 0.05) is 13.2 Å². The summed E-state index contributed by atoms with van der Waals surface area (Å²) in [7, 11) is 0. The SMILES string of the molecule is CCCCCCCCCCOC(CCCCc1cccc(OC(=O)O)c1O)OCCCCCCCCCC. The zero-order valence-corrected chi connectivity index (χ0v) is 24.4. The van der Waals surface area contributed by atoms with E-state index in [1.807, 2.05) is 0 Å². The highest BCUT2D eigenvalue weighted by molar-refractivity contribution is 5.63. The molecule has 0 amide bonds. The molecule has 0 bridgehead atoms. The van der Waals surface area contributed by atoms with Crippen molar-refractivity contribution in [3.05, 3.63) is 23.8 Å². The Balaban J connectivity index is 2.34. The Kier molecular flexibility index (Phi) is 21.9. The van der Waals surface area contributed by atoms with Crippen molar-refractivity contribution >= 4 is 6.16 Å². The molecule has 0 aromatic heterocycles. The molecule has 1 rings (SSSR count). The Bertz CT molecular complexity index is 671. The number of phenolic OH excluding ortho intramolecular Hbond substituents is 1. The Labute approximate surface area is 232 Å². The molecule has 220 valence electrons. The second kappa shape index (κ2) is 24.3. The number of para-hydroxylation sites is 1. The quantitative estimate of drug-likeness (QED) is 0.0530. The van der Waals surface area contributed by atoms with Gasteiger partial charge in [-0.05, 0) is 50.2 Å². The number of rotatable bonds is 26. The van der Waals surface area contributed by atoms with Crippen LogP contribution in [-0.2, 0) is 15.9 Å². The average molecular weight is 537 g/mol. The lowest BCUT2D eigenvalue weighted by Gasteiger charge is -2.19. The molecule has 0 unspecified atom stereocenters. The highest BCUT2D eigenvalue weighted by Crippen LogP contribution is 2.31. The summed E-state index contributed by atoms with van der Waals surface area (Å²) in [5.74, 6) is -0.112. The fraction of sp³-hybridized carbons (Fsp3) is 0.781. The predicted octanol–water partition coefficient (Wildman–Crippen LogP) is 9.80. The van der Waals surface area contributed by atoms with Crippen LogP contribution in [0.3, 0.4) is 0 Å². The molecule has 38 heavy (non-hydrogen) atoms. The zero-order chi connectivity index (χ0) is 27.7. The first-order chi connectivity index (χ1) is 18.6. The Hall–Kier alpha value is -1.79. The maximum atomic E-state index is 10.8. The van der Waals surface area contributed by atoms with Crippen LogP contribution in [0.15, 0.2) is 18.2 Å². The van der Waals surface area contributed by atoms with E-state index in [4.69, 9.17) is 14.6 Å². The molecule has 0 saturated carbocycles. The van der Waals surface area contributed by atoms with Gasteiger partial charge in [-0.15, -0.1) is 0 Å². The number of aryl methyl sites for hydroxylation is 1. The van der Waals surface area contributed by atoms with E-state index >= 15 is 0 Å². The average Bonchev–Trinajstić information content (AvgIpc) is 2.90. The maximum absolute atomic E-state index is 10.8. The van der Waals surface area contributed by atoms with Gasteiger partial charge in [0.1, 0.15) is 0 Å². The van der Waals surface area contributed by atoms with Crippen LogP contribution in [0.5, 0.6) is 11.5 Å². The third-order valence-electron chi connectivity index (χ3n) is 7.02. The topological polar surface area (TPSA) is 85.2 Å². The summed E-state index contributed by atoms with van der Waals surface area (Å²) < 4.78 is 16.9. The molecule has 0 aliphatic carbocycles. The van der Waals surface area contributed by atoms with Crippen molar-refractivity contribution in [2.24, 2.45) is 0 Å². The second-order valence-electron chi connectivity index (χ2n) is 10.5. The fourth-order valence-electron chi connectivity index (χ4n) is 4.69. The fourth-order valence-corrected chi connectivity index (χ4v) is 4.69. The highest BCUT2D eigenvalue weighted by atomic mass is 16.7. The number of hydrogen-bond donors (Lipinski definition) is 2. The van der Waals surface area contributed by atoms with Crippen LogP contribution in [0.1, 0.15) is 141 Å². The standard InChI is InChI=1S/C32H56O6/c1-3-5-7-9-11-13-15-19-26-36-30(37-27-20-16-14-12-10-8-6-4-2)25-18-17-22-28-23-21-24-29(31(28)33)38-32(34)35/h21,23-24,30,33H,3-20,22,25-27H2,1-2H3,(H,34,35). The van der Waals surface area contributed by atoms with E-state index in [-0.39, 0.29) is 17.8 Å². The Morgan fingerprint density at radius 3 is 1.71 bits per heavy atom. The number of carbonyl (C=O) groups is 1. The summed E-state index contributed by atoms with van der Waals surface area (Å²) in [5, 5.41) is 19.1. The normalized spacial score (nSPS) is 11.3. The molecule has 0 saturated heterocycles. The van der Waals surface area contributed by atoms with Gasteiger partial charge in [-0.1, -0.05) is 116 Å². The van der Waals surface area contributed by atoms with Crippen molar-refractivity contribution in [3.63, 3.8) is 0 Å². The van der Waals surface area contributed by atoms with Crippen LogP contribution < -0.4 is 4.74 Å². The summed E-state index contributed by atoms with van der Waals surface area (Å²) in [5.41, 5.74) is 0.694. The summed E-state index contributed by atoms with van der Waals surface area (Å²) >= 11 is 0. The van der Waals surface area contributed by atoms with Crippen LogP contribution >= 0.6 is 0 Å². The van der Waals surface area contributed by atoms with E-state index in [0.29, 0.717) is 12.0 Å². The summed E-state index contributed by atoms with van der Waals surface area (Å²) in [6, 6.07) is 4.97. The van der Waals surface area contributed by atoms with Crippen LogP contribution in [-0.4, -0.2) is 35.9 Å². The summed E-state index contributed by atoms with van der Waals surface area (Å²) in [4.78, 5) is 10.8. The first-order valence-electron chi connectivity index (χ1n) is 15.5. The van der Waals surface area contributed by atoms with Crippen molar-refractivity contribution < 1.29 is 29.2 Å². The summed E-state index contributed by atoms with van der Waals surface area (Å²) in [6.45, 7) is 5.99. The minimum absolute atomic E-state index is 0.0183. The van der Waals surface area contributed by atoms with Gasteiger partial charge in [-0.25, -0.2) is 4.79 Å². The molecule has 0 spiro atoms. The largest absolute Gasteiger partial charge is 0.511 e. The highest BCUT2D eigenvalue weighted by Gasteiger charge is 2.13. The monoisotopic (exact) mass is 536 g/mol. The van der Waals surface area contributed by atoms with Crippen LogP contribution in [0.25, 0.3) is 0 Å². The van der Waals surface area contributed by atoms with Gasteiger partial charge in [-0.3, -0.25) is 0 Å². The predicted molar refractivity (Wildman–Crippen MR) is 155 cm³/mol. The lowest BCUT2D eigenvalue weighted by Crippen LogP contribution is -2.19. The molecule has 1 aromatic carbocycles. The second-order valence-corrected chi connectivity index (χ2v) is 10.5. The Morgan fingerprint density at radius 1 is 0.711 bits per heavy atom.